The fourth-order valence-corrected chi connectivity index (χ4v) is 1.20. The van der Waals surface area contributed by atoms with E-state index in [0.29, 0.717) is 6.54 Å². The molecule has 0 fully saturated rings. The summed E-state index contributed by atoms with van der Waals surface area (Å²) < 4.78 is 6.01. The third kappa shape index (κ3) is 3.38. The van der Waals surface area contributed by atoms with Crippen molar-refractivity contribution in [3.63, 3.8) is 0 Å². The largest absolute Gasteiger partial charge is 0.453 e. The Morgan fingerprint density at radius 3 is 2.92 bits per heavy atom. The molecule has 1 aromatic rings. The Kier molecular flexibility index (Phi) is 4.35. The molecule has 0 saturated carbocycles. The van der Waals surface area contributed by atoms with Crippen molar-refractivity contribution in [2.45, 2.75) is 13.0 Å². The maximum absolute atomic E-state index is 8.50. The molecule has 12 heavy (non-hydrogen) atoms. The van der Waals surface area contributed by atoms with Gasteiger partial charge in [0.05, 0.1) is 6.54 Å². The number of nitrogens with one attached hydrogen (secondary N) is 1. The predicted octanol–water partition coefficient (Wildman–Crippen LogP) is 1.51. The molecule has 0 saturated heterocycles. The Bertz CT molecular complexity index is 225. The summed E-state index contributed by atoms with van der Waals surface area (Å²) in [6.07, 6.45) is 0.780. The van der Waals surface area contributed by atoms with Crippen molar-refractivity contribution in [3.8, 4) is 0 Å². The highest BCUT2D eigenvalue weighted by Crippen LogP contribution is 2.13. The minimum Gasteiger partial charge on any atom is -0.453 e. The van der Waals surface area contributed by atoms with Crippen LogP contribution in [0.15, 0.2) is 21.2 Å². The number of hydrogen-bond acceptors (Lipinski definition) is 3. The number of rotatable bonds is 5. The molecule has 0 aliphatic carbocycles. The van der Waals surface area contributed by atoms with Crippen LogP contribution in [0.3, 0.4) is 0 Å². The molecule has 0 atom stereocenters. The molecule has 0 radical (unpaired) electrons. The molecule has 0 aliphatic heterocycles. The van der Waals surface area contributed by atoms with Crippen LogP contribution < -0.4 is 5.32 Å². The smallest absolute Gasteiger partial charge is 0.169 e. The van der Waals surface area contributed by atoms with E-state index in [0.717, 1.165) is 23.4 Å². The average molecular weight is 234 g/mol. The summed E-state index contributed by atoms with van der Waals surface area (Å²) in [5.74, 6) is 0.903. The van der Waals surface area contributed by atoms with E-state index in [1.165, 1.54) is 0 Å². The lowest BCUT2D eigenvalue weighted by atomic mass is 10.4. The van der Waals surface area contributed by atoms with E-state index in [2.05, 4.69) is 21.2 Å². The van der Waals surface area contributed by atoms with Gasteiger partial charge in [0, 0.05) is 6.61 Å². The molecule has 0 aromatic carbocycles. The molecular formula is C8H12BrNO2. The van der Waals surface area contributed by atoms with Crippen LogP contribution in [0, 0.1) is 0 Å². The highest BCUT2D eigenvalue weighted by Gasteiger charge is 1.97. The second-order valence-electron chi connectivity index (χ2n) is 2.46. The van der Waals surface area contributed by atoms with E-state index in [-0.39, 0.29) is 6.61 Å². The lowest BCUT2D eigenvalue weighted by molar-refractivity contribution is 0.285. The lowest BCUT2D eigenvalue weighted by Crippen LogP contribution is -2.15. The molecule has 2 N–H and O–H groups in total. The highest BCUT2D eigenvalue weighted by atomic mass is 79.9. The van der Waals surface area contributed by atoms with Gasteiger partial charge in [-0.15, -0.1) is 0 Å². The standard InChI is InChI=1S/C8H12BrNO2/c9-8-3-2-7(12-8)6-10-4-1-5-11/h2-3,10-11H,1,4-6H2. The first-order chi connectivity index (χ1) is 5.83. The van der Waals surface area contributed by atoms with Gasteiger partial charge in [-0.25, -0.2) is 0 Å². The maximum atomic E-state index is 8.50. The second kappa shape index (κ2) is 5.35. The number of furan rings is 1. The third-order valence-electron chi connectivity index (χ3n) is 1.44. The quantitative estimate of drug-likeness (QED) is 0.759. The van der Waals surface area contributed by atoms with Gasteiger partial charge in [-0.3, -0.25) is 0 Å². The second-order valence-corrected chi connectivity index (χ2v) is 3.24. The van der Waals surface area contributed by atoms with Crippen LogP contribution in [0.2, 0.25) is 0 Å². The number of halogens is 1. The molecule has 1 aromatic heterocycles. The zero-order valence-electron chi connectivity index (χ0n) is 6.72. The van der Waals surface area contributed by atoms with Gasteiger partial charge in [0.2, 0.25) is 0 Å². The van der Waals surface area contributed by atoms with Crippen LogP contribution in [-0.2, 0) is 6.54 Å². The van der Waals surface area contributed by atoms with Gasteiger partial charge in [-0.1, -0.05) is 0 Å². The van der Waals surface area contributed by atoms with E-state index in [1.54, 1.807) is 0 Å². The molecule has 4 heteroatoms. The van der Waals surface area contributed by atoms with Crippen molar-refractivity contribution >= 4 is 15.9 Å². The van der Waals surface area contributed by atoms with Crippen molar-refractivity contribution in [3.05, 3.63) is 22.6 Å². The maximum Gasteiger partial charge on any atom is 0.169 e. The Morgan fingerprint density at radius 1 is 1.50 bits per heavy atom. The summed E-state index contributed by atoms with van der Waals surface area (Å²) in [5, 5.41) is 11.6. The van der Waals surface area contributed by atoms with Crippen LogP contribution in [0.4, 0.5) is 0 Å². The molecular weight excluding hydrogens is 222 g/mol. The Labute approximate surface area is 79.9 Å². The summed E-state index contributed by atoms with van der Waals surface area (Å²) in [6, 6.07) is 3.78. The molecule has 0 spiro atoms. The van der Waals surface area contributed by atoms with Crippen LogP contribution in [-0.4, -0.2) is 18.3 Å². The van der Waals surface area contributed by atoms with Gasteiger partial charge in [0.15, 0.2) is 4.67 Å². The van der Waals surface area contributed by atoms with Crippen molar-refractivity contribution < 1.29 is 9.52 Å². The van der Waals surface area contributed by atoms with Crippen molar-refractivity contribution in [2.24, 2.45) is 0 Å². The third-order valence-corrected chi connectivity index (χ3v) is 1.87. The first kappa shape index (κ1) is 9.77. The van der Waals surface area contributed by atoms with Gasteiger partial charge >= 0.3 is 0 Å². The number of aliphatic hydroxyl groups is 1. The number of hydrogen-bond donors (Lipinski definition) is 2. The van der Waals surface area contributed by atoms with Crippen molar-refractivity contribution in [2.75, 3.05) is 13.2 Å². The normalized spacial score (nSPS) is 10.5. The molecule has 1 heterocycles. The fraction of sp³-hybridized carbons (Fsp3) is 0.500. The van der Waals surface area contributed by atoms with Crippen LogP contribution >= 0.6 is 15.9 Å². The number of aliphatic hydroxyl groups excluding tert-OH is 1. The molecule has 0 bridgehead atoms. The summed E-state index contributed by atoms with van der Waals surface area (Å²) in [4.78, 5) is 0. The molecule has 0 unspecified atom stereocenters. The molecule has 0 aliphatic rings. The van der Waals surface area contributed by atoms with E-state index in [4.69, 9.17) is 9.52 Å². The minimum atomic E-state index is 0.231. The molecule has 1 rings (SSSR count). The van der Waals surface area contributed by atoms with Gasteiger partial charge in [0.1, 0.15) is 5.76 Å². The summed E-state index contributed by atoms with van der Waals surface area (Å²) >= 11 is 3.22. The van der Waals surface area contributed by atoms with Crippen molar-refractivity contribution in [1.29, 1.82) is 0 Å². The molecule has 0 amide bonds. The van der Waals surface area contributed by atoms with Gasteiger partial charge in [-0.2, -0.15) is 0 Å². The summed E-state index contributed by atoms with van der Waals surface area (Å²) in [5.41, 5.74) is 0. The predicted molar refractivity (Wildman–Crippen MR) is 49.8 cm³/mol. The monoisotopic (exact) mass is 233 g/mol. The molecule has 68 valence electrons. The lowest BCUT2D eigenvalue weighted by Gasteiger charge is -1.99. The topological polar surface area (TPSA) is 45.4 Å². The summed E-state index contributed by atoms with van der Waals surface area (Å²) in [6.45, 7) is 1.76. The van der Waals surface area contributed by atoms with Gasteiger partial charge in [-0.05, 0) is 41.0 Å². The fourth-order valence-electron chi connectivity index (χ4n) is 0.862. The zero-order valence-corrected chi connectivity index (χ0v) is 8.30. The minimum absolute atomic E-state index is 0.231. The Morgan fingerprint density at radius 2 is 2.33 bits per heavy atom. The zero-order chi connectivity index (χ0) is 8.81. The first-order valence-corrected chi connectivity index (χ1v) is 4.68. The van der Waals surface area contributed by atoms with E-state index >= 15 is 0 Å². The Hall–Kier alpha value is -0.320. The summed E-state index contributed by atoms with van der Waals surface area (Å²) in [7, 11) is 0. The average Bonchev–Trinajstić information content (AvgIpc) is 2.45. The highest BCUT2D eigenvalue weighted by molar-refractivity contribution is 9.10. The van der Waals surface area contributed by atoms with Crippen LogP contribution in [0.25, 0.3) is 0 Å². The van der Waals surface area contributed by atoms with Crippen LogP contribution in [0.5, 0.6) is 0 Å². The van der Waals surface area contributed by atoms with E-state index in [9.17, 15) is 0 Å². The van der Waals surface area contributed by atoms with Gasteiger partial charge in [0.25, 0.3) is 0 Å². The molecule has 3 nitrogen and oxygen atoms in total. The van der Waals surface area contributed by atoms with E-state index in [1.807, 2.05) is 12.1 Å². The Balaban J connectivity index is 2.15. The van der Waals surface area contributed by atoms with Gasteiger partial charge < -0.3 is 14.8 Å². The first-order valence-electron chi connectivity index (χ1n) is 3.88. The van der Waals surface area contributed by atoms with Crippen LogP contribution in [0.1, 0.15) is 12.2 Å². The van der Waals surface area contributed by atoms with E-state index < -0.39 is 0 Å². The van der Waals surface area contributed by atoms with Crippen molar-refractivity contribution in [1.82, 2.24) is 5.32 Å². The SMILES string of the molecule is OCCCNCc1ccc(Br)o1.